The van der Waals surface area contributed by atoms with Gasteiger partial charge >= 0.3 is 0 Å². The Kier molecular flexibility index (Phi) is 7.72. The van der Waals surface area contributed by atoms with E-state index in [4.69, 9.17) is 5.73 Å². The molecule has 0 spiro atoms. The number of hydrogen-bond acceptors (Lipinski definition) is 3. The first kappa shape index (κ1) is 13.7. The summed E-state index contributed by atoms with van der Waals surface area (Å²) in [4.78, 5) is 16.7. The predicted octanol–water partition coefficient (Wildman–Crippen LogP) is -0.925. The summed E-state index contributed by atoms with van der Waals surface area (Å²) in [6.45, 7) is 0. The second kappa shape index (κ2) is 6.78. The molecule has 0 amide bonds. The molecular formula is C6H12ClN3O2. The highest BCUT2D eigenvalue weighted by molar-refractivity contribution is 5.85. The van der Waals surface area contributed by atoms with Gasteiger partial charge in [-0.05, 0) is 0 Å². The molecular weight excluding hydrogens is 182 g/mol. The van der Waals surface area contributed by atoms with Gasteiger partial charge < -0.3 is 21.0 Å². The molecule has 0 aliphatic heterocycles. The topological polar surface area (TPSA) is 103 Å². The molecule has 1 aromatic heterocycles. The Morgan fingerprint density at radius 1 is 1.75 bits per heavy atom. The Balaban J connectivity index is 0. The Labute approximate surface area is 76.1 Å². The minimum absolute atomic E-state index is 0. The van der Waals surface area contributed by atoms with E-state index >= 15 is 0 Å². The number of hydrogen-bond donors (Lipinski definition) is 2. The summed E-state index contributed by atoms with van der Waals surface area (Å²) < 4.78 is 0. The first-order valence-corrected chi connectivity index (χ1v) is 3.01. The van der Waals surface area contributed by atoms with Crippen LogP contribution in [0.4, 0.5) is 0 Å². The molecule has 0 saturated heterocycles. The molecule has 0 aliphatic rings. The average Bonchev–Trinajstić information content (AvgIpc) is 2.40. The molecule has 12 heavy (non-hydrogen) atoms. The number of nitrogens with two attached hydrogens (primary N) is 1. The van der Waals surface area contributed by atoms with E-state index in [0.717, 1.165) is 12.0 Å². The summed E-state index contributed by atoms with van der Waals surface area (Å²) in [5, 5.41) is 0. The van der Waals surface area contributed by atoms with Crippen molar-refractivity contribution in [1.29, 1.82) is 0 Å². The molecule has 6 heteroatoms. The zero-order valence-electron chi connectivity index (χ0n) is 6.36. The van der Waals surface area contributed by atoms with Crippen molar-refractivity contribution in [2.75, 3.05) is 0 Å². The van der Waals surface area contributed by atoms with Crippen molar-refractivity contribution in [1.82, 2.24) is 9.97 Å². The lowest BCUT2D eigenvalue weighted by Crippen LogP contribution is -2.24. The summed E-state index contributed by atoms with van der Waals surface area (Å²) in [6, 6.07) is -0.416. The monoisotopic (exact) mass is 193 g/mol. The zero-order valence-corrected chi connectivity index (χ0v) is 7.17. The first-order chi connectivity index (χ1) is 4.83. The van der Waals surface area contributed by atoms with E-state index in [2.05, 4.69) is 9.97 Å². The van der Waals surface area contributed by atoms with Crippen molar-refractivity contribution in [3.05, 3.63) is 18.2 Å². The van der Waals surface area contributed by atoms with Crippen LogP contribution < -0.4 is 5.73 Å². The third-order valence-corrected chi connectivity index (χ3v) is 1.19. The van der Waals surface area contributed by atoms with E-state index in [-0.39, 0.29) is 17.9 Å². The van der Waals surface area contributed by atoms with Crippen molar-refractivity contribution < 1.29 is 10.3 Å². The van der Waals surface area contributed by atoms with Crippen LogP contribution in [0.25, 0.3) is 0 Å². The minimum Gasteiger partial charge on any atom is -0.412 e. The zero-order chi connectivity index (χ0) is 7.40. The lowest BCUT2D eigenvalue weighted by atomic mass is 10.2. The molecule has 0 aromatic carbocycles. The van der Waals surface area contributed by atoms with Gasteiger partial charge in [0.15, 0.2) is 0 Å². The number of carbonyl (C=O) groups is 1. The van der Waals surface area contributed by atoms with Crippen LogP contribution in [0.15, 0.2) is 12.5 Å². The molecule has 5 nitrogen and oxygen atoms in total. The lowest BCUT2D eigenvalue weighted by Gasteiger charge is -1.98. The summed E-state index contributed by atoms with van der Waals surface area (Å²) in [5.74, 6) is 0. The van der Waals surface area contributed by atoms with Crippen molar-refractivity contribution in [3.8, 4) is 0 Å². The molecule has 0 bridgehead atoms. The lowest BCUT2D eigenvalue weighted by molar-refractivity contribution is -0.108. The Morgan fingerprint density at radius 2 is 2.42 bits per heavy atom. The molecule has 1 unspecified atom stereocenters. The largest absolute Gasteiger partial charge is 0.412 e. The fraction of sp³-hybridized carbons (Fsp3) is 0.333. The maximum atomic E-state index is 10.1. The van der Waals surface area contributed by atoms with Crippen LogP contribution in [0, 0.1) is 0 Å². The highest BCUT2D eigenvalue weighted by Gasteiger charge is 2.01. The van der Waals surface area contributed by atoms with Gasteiger partial charge in [-0.3, -0.25) is 0 Å². The molecule has 1 heterocycles. The van der Waals surface area contributed by atoms with Gasteiger partial charge in [-0.1, -0.05) is 0 Å². The van der Waals surface area contributed by atoms with Crippen LogP contribution in [0.3, 0.4) is 0 Å². The number of H-pyrrole nitrogens is 1. The van der Waals surface area contributed by atoms with Crippen molar-refractivity contribution in [2.45, 2.75) is 12.5 Å². The van der Waals surface area contributed by atoms with Gasteiger partial charge in [-0.2, -0.15) is 0 Å². The van der Waals surface area contributed by atoms with Crippen LogP contribution >= 0.6 is 12.4 Å². The second-order valence-corrected chi connectivity index (χ2v) is 2.08. The summed E-state index contributed by atoms with van der Waals surface area (Å²) in [7, 11) is 0. The molecule has 0 radical (unpaired) electrons. The number of nitrogens with zero attached hydrogens (tertiary/aromatic N) is 1. The molecule has 0 aliphatic carbocycles. The summed E-state index contributed by atoms with van der Waals surface area (Å²) in [6.07, 6.45) is 4.47. The molecule has 0 saturated carbocycles. The first-order valence-electron chi connectivity index (χ1n) is 3.01. The van der Waals surface area contributed by atoms with Crippen molar-refractivity contribution in [3.63, 3.8) is 0 Å². The fourth-order valence-corrected chi connectivity index (χ4v) is 0.698. The van der Waals surface area contributed by atoms with E-state index in [1.54, 1.807) is 12.5 Å². The van der Waals surface area contributed by atoms with Crippen LogP contribution in [0.5, 0.6) is 0 Å². The van der Waals surface area contributed by atoms with Gasteiger partial charge in [0.2, 0.25) is 0 Å². The van der Waals surface area contributed by atoms with E-state index in [1.807, 2.05) is 0 Å². The van der Waals surface area contributed by atoms with Gasteiger partial charge in [0.1, 0.15) is 6.29 Å². The number of rotatable bonds is 3. The smallest absolute Gasteiger partial charge is 0.137 e. The van der Waals surface area contributed by atoms with Crippen LogP contribution in [-0.2, 0) is 11.2 Å². The maximum Gasteiger partial charge on any atom is 0.137 e. The number of aromatic amines is 1. The van der Waals surface area contributed by atoms with Crippen LogP contribution in [-0.4, -0.2) is 27.8 Å². The molecule has 5 N–H and O–H groups in total. The number of aromatic nitrogens is 2. The van der Waals surface area contributed by atoms with Gasteiger partial charge in [0.25, 0.3) is 0 Å². The van der Waals surface area contributed by atoms with E-state index in [9.17, 15) is 4.79 Å². The Morgan fingerprint density at radius 3 is 2.83 bits per heavy atom. The number of aldehydes is 1. The standard InChI is InChI=1S/C6H9N3O.ClH.H2O/c7-5(3-10)1-6-2-8-4-9-6;;/h2-5H,1,7H2,(H,8,9);1H;1H2. The third-order valence-electron chi connectivity index (χ3n) is 1.19. The number of imidazole rings is 1. The Bertz CT molecular complexity index is 203. The average molecular weight is 194 g/mol. The molecule has 0 fully saturated rings. The molecule has 1 aromatic rings. The number of nitrogens with one attached hydrogen (secondary N) is 1. The van der Waals surface area contributed by atoms with E-state index in [1.165, 1.54) is 0 Å². The highest BCUT2D eigenvalue weighted by atomic mass is 35.5. The van der Waals surface area contributed by atoms with Gasteiger partial charge in [0.05, 0.1) is 12.4 Å². The molecule has 1 rings (SSSR count). The van der Waals surface area contributed by atoms with E-state index < -0.39 is 6.04 Å². The van der Waals surface area contributed by atoms with Crippen molar-refractivity contribution in [2.24, 2.45) is 5.73 Å². The second-order valence-electron chi connectivity index (χ2n) is 2.08. The molecule has 70 valence electrons. The van der Waals surface area contributed by atoms with Gasteiger partial charge in [-0.25, -0.2) is 4.98 Å². The fourth-order valence-electron chi connectivity index (χ4n) is 0.698. The van der Waals surface area contributed by atoms with Gasteiger partial charge in [-0.15, -0.1) is 12.4 Å². The summed E-state index contributed by atoms with van der Waals surface area (Å²) >= 11 is 0. The van der Waals surface area contributed by atoms with E-state index in [0.29, 0.717) is 6.42 Å². The number of carbonyl (C=O) groups excluding carboxylic acids is 1. The summed E-state index contributed by atoms with van der Waals surface area (Å²) in [5.41, 5.74) is 6.24. The highest BCUT2D eigenvalue weighted by Crippen LogP contribution is 1.93. The van der Waals surface area contributed by atoms with Crippen LogP contribution in [0.1, 0.15) is 5.69 Å². The maximum absolute atomic E-state index is 10.1. The quantitative estimate of drug-likeness (QED) is 0.607. The predicted molar refractivity (Wildman–Crippen MR) is 47.2 cm³/mol. The third kappa shape index (κ3) is 4.07. The molecule has 1 atom stereocenters. The minimum atomic E-state index is -0.416. The SMILES string of the molecule is Cl.NC(C=O)Cc1cnc[nH]1.O. The van der Waals surface area contributed by atoms with Crippen molar-refractivity contribution >= 4 is 18.7 Å². The normalized spacial score (nSPS) is 10.8. The number of halogens is 1. The van der Waals surface area contributed by atoms with Gasteiger partial charge in [0, 0.05) is 18.3 Å². The Hall–Kier alpha value is -0.910. The van der Waals surface area contributed by atoms with Crippen LogP contribution in [0.2, 0.25) is 0 Å².